The van der Waals surface area contributed by atoms with E-state index < -0.39 is 10.8 Å². The second-order valence-corrected chi connectivity index (χ2v) is 7.56. The maximum absolute atomic E-state index is 12.7. The zero-order valence-electron chi connectivity index (χ0n) is 15.1. The highest BCUT2D eigenvalue weighted by Crippen LogP contribution is 2.24. The minimum Gasteiger partial charge on any atom is -0.439 e. The van der Waals surface area contributed by atoms with Crippen molar-refractivity contribution in [1.29, 1.82) is 0 Å². The van der Waals surface area contributed by atoms with Crippen molar-refractivity contribution in [2.24, 2.45) is 0 Å². The molecule has 1 aromatic heterocycles. The van der Waals surface area contributed by atoms with Crippen molar-refractivity contribution in [3.05, 3.63) is 103 Å². The molecule has 28 heavy (non-hydrogen) atoms. The van der Waals surface area contributed by atoms with E-state index in [0.717, 1.165) is 10.5 Å². The number of benzene rings is 3. The SMILES string of the molecule is O=[S@](Cc1cc(Oc2ccccc2)nc(-c2ccccc2)n1)c1ccccc1. The topological polar surface area (TPSA) is 52.1 Å². The number of aromatic nitrogens is 2. The van der Waals surface area contributed by atoms with Gasteiger partial charge in [0.2, 0.25) is 5.88 Å². The molecule has 0 spiro atoms. The van der Waals surface area contributed by atoms with Gasteiger partial charge < -0.3 is 4.74 Å². The van der Waals surface area contributed by atoms with Gasteiger partial charge in [-0.25, -0.2) is 4.98 Å². The van der Waals surface area contributed by atoms with Gasteiger partial charge in [-0.2, -0.15) is 4.98 Å². The molecule has 0 aliphatic rings. The van der Waals surface area contributed by atoms with Crippen molar-refractivity contribution in [3.63, 3.8) is 0 Å². The maximum Gasteiger partial charge on any atom is 0.223 e. The van der Waals surface area contributed by atoms with E-state index in [9.17, 15) is 4.21 Å². The van der Waals surface area contributed by atoms with Crippen molar-refractivity contribution >= 4 is 10.8 Å². The average molecular weight is 386 g/mol. The Morgan fingerprint density at radius 3 is 2.04 bits per heavy atom. The van der Waals surface area contributed by atoms with Crippen molar-refractivity contribution < 1.29 is 8.95 Å². The van der Waals surface area contributed by atoms with E-state index in [0.29, 0.717) is 23.1 Å². The summed E-state index contributed by atoms with van der Waals surface area (Å²) in [6.45, 7) is 0. The largest absolute Gasteiger partial charge is 0.439 e. The van der Waals surface area contributed by atoms with E-state index in [1.54, 1.807) is 6.07 Å². The molecule has 1 atom stereocenters. The fourth-order valence-electron chi connectivity index (χ4n) is 2.71. The highest BCUT2D eigenvalue weighted by atomic mass is 32.2. The first-order chi connectivity index (χ1) is 13.8. The fourth-order valence-corrected chi connectivity index (χ4v) is 3.76. The van der Waals surface area contributed by atoms with Crippen LogP contribution in [0.1, 0.15) is 5.69 Å². The molecular formula is C23H18N2O2S. The highest BCUT2D eigenvalue weighted by Gasteiger charge is 2.12. The van der Waals surface area contributed by atoms with Gasteiger partial charge in [-0.15, -0.1) is 0 Å². The molecule has 0 bridgehead atoms. The summed E-state index contributed by atoms with van der Waals surface area (Å²) in [5.74, 6) is 1.96. The fraction of sp³-hybridized carbons (Fsp3) is 0.0435. The molecule has 0 saturated carbocycles. The van der Waals surface area contributed by atoms with Gasteiger partial charge in [-0.3, -0.25) is 4.21 Å². The lowest BCUT2D eigenvalue weighted by molar-refractivity contribution is 0.461. The average Bonchev–Trinajstić information content (AvgIpc) is 2.75. The Hall–Kier alpha value is -3.31. The monoisotopic (exact) mass is 386 g/mol. The van der Waals surface area contributed by atoms with Gasteiger partial charge in [0.25, 0.3) is 0 Å². The van der Waals surface area contributed by atoms with Crippen LogP contribution in [-0.2, 0) is 16.6 Å². The highest BCUT2D eigenvalue weighted by molar-refractivity contribution is 7.84. The molecule has 0 aliphatic heterocycles. The molecule has 0 saturated heterocycles. The molecule has 0 amide bonds. The predicted octanol–water partition coefficient (Wildman–Crippen LogP) is 5.24. The summed E-state index contributed by atoms with van der Waals surface area (Å²) >= 11 is 0. The van der Waals surface area contributed by atoms with Crippen molar-refractivity contribution in [1.82, 2.24) is 9.97 Å². The number of ether oxygens (including phenoxy) is 1. The third-order valence-corrected chi connectivity index (χ3v) is 5.39. The smallest absolute Gasteiger partial charge is 0.223 e. The summed E-state index contributed by atoms with van der Waals surface area (Å²) in [6, 6.07) is 30.3. The van der Waals surface area contributed by atoms with Gasteiger partial charge in [0, 0.05) is 16.5 Å². The minimum atomic E-state index is -1.20. The van der Waals surface area contributed by atoms with E-state index in [1.807, 2.05) is 91.0 Å². The Balaban J connectivity index is 1.68. The Morgan fingerprint density at radius 1 is 0.750 bits per heavy atom. The van der Waals surface area contributed by atoms with Crippen LogP contribution in [0.2, 0.25) is 0 Å². The van der Waals surface area contributed by atoms with E-state index in [-0.39, 0.29) is 5.75 Å². The second kappa shape index (κ2) is 8.59. The van der Waals surface area contributed by atoms with E-state index in [4.69, 9.17) is 4.74 Å². The van der Waals surface area contributed by atoms with E-state index in [2.05, 4.69) is 9.97 Å². The molecule has 0 unspecified atom stereocenters. The zero-order valence-corrected chi connectivity index (χ0v) is 15.9. The van der Waals surface area contributed by atoms with Gasteiger partial charge >= 0.3 is 0 Å². The molecule has 4 nitrogen and oxygen atoms in total. The van der Waals surface area contributed by atoms with E-state index in [1.165, 1.54) is 0 Å². The van der Waals surface area contributed by atoms with Gasteiger partial charge in [-0.1, -0.05) is 66.7 Å². The molecule has 3 aromatic carbocycles. The summed E-state index contributed by atoms with van der Waals surface area (Å²) in [6.07, 6.45) is 0. The Labute approximate surface area is 166 Å². The number of hydrogen-bond donors (Lipinski definition) is 0. The minimum absolute atomic E-state index is 0.289. The molecule has 0 fully saturated rings. The van der Waals surface area contributed by atoms with Crippen LogP contribution in [0.25, 0.3) is 11.4 Å². The molecule has 0 aliphatic carbocycles. The normalized spacial score (nSPS) is 11.7. The lowest BCUT2D eigenvalue weighted by Crippen LogP contribution is -2.03. The van der Waals surface area contributed by atoms with Gasteiger partial charge in [0.15, 0.2) is 5.82 Å². The first-order valence-corrected chi connectivity index (χ1v) is 10.2. The van der Waals surface area contributed by atoms with Crippen LogP contribution >= 0.6 is 0 Å². The van der Waals surface area contributed by atoms with Crippen LogP contribution in [0.15, 0.2) is 102 Å². The Bertz CT molecular complexity index is 1070. The molecule has 0 N–H and O–H groups in total. The quantitative estimate of drug-likeness (QED) is 0.454. The molecule has 5 heteroatoms. The molecule has 4 rings (SSSR count). The summed E-state index contributed by atoms with van der Waals surface area (Å²) in [7, 11) is -1.20. The summed E-state index contributed by atoms with van der Waals surface area (Å²) in [5.41, 5.74) is 1.55. The molecular weight excluding hydrogens is 368 g/mol. The standard InChI is InChI=1S/C23H18N2O2S/c26-28(21-14-8-3-9-15-21)17-19-16-22(27-20-12-6-2-7-13-20)25-23(24-19)18-10-4-1-5-11-18/h1-16H,17H2/t28-/m1/s1. The summed E-state index contributed by atoms with van der Waals surface area (Å²) in [5, 5.41) is 0. The van der Waals surface area contributed by atoms with Crippen LogP contribution < -0.4 is 4.74 Å². The summed E-state index contributed by atoms with van der Waals surface area (Å²) in [4.78, 5) is 9.94. The number of rotatable bonds is 6. The molecule has 1 heterocycles. The Kier molecular flexibility index (Phi) is 5.54. The van der Waals surface area contributed by atoms with Crippen molar-refractivity contribution in [2.75, 3.05) is 0 Å². The van der Waals surface area contributed by atoms with Crippen molar-refractivity contribution in [3.8, 4) is 23.0 Å². The van der Waals surface area contributed by atoms with Crippen LogP contribution in [0, 0.1) is 0 Å². The molecule has 0 radical (unpaired) electrons. The first-order valence-electron chi connectivity index (χ1n) is 8.88. The lowest BCUT2D eigenvalue weighted by Gasteiger charge is -2.10. The van der Waals surface area contributed by atoms with Gasteiger partial charge in [0.05, 0.1) is 22.2 Å². The third-order valence-electron chi connectivity index (χ3n) is 4.04. The second-order valence-electron chi connectivity index (χ2n) is 6.11. The van der Waals surface area contributed by atoms with Crippen LogP contribution in [0.5, 0.6) is 11.6 Å². The van der Waals surface area contributed by atoms with Crippen LogP contribution in [-0.4, -0.2) is 14.2 Å². The van der Waals surface area contributed by atoms with Gasteiger partial charge in [0.1, 0.15) is 5.75 Å². The number of nitrogens with zero attached hydrogens (tertiary/aromatic N) is 2. The van der Waals surface area contributed by atoms with Crippen molar-refractivity contribution in [2.45, 2.75) is 10.6 Å². The Morgan fingerprint density at radius 2 is 1.36 bits per heavy atom. The van der Waals surface area contributed by atoms with Gasteiger partial charge in [-0.05, 0) is 24.3 Å². The molecule has 138 valence electrons. The summed E-state index contributed by atoms with van der Waals surface area (Å²) < 4.78 is 18.7. The lowest BCUT2D eigenvalue weighted by atomic mass is 10.2. The number of hydrogen-bond acceptors (Lipinski definition) is 4. The van der Waals surface area contributed by atoms with Crippen LogP contribution in [0.3, 0.4) is 0 Å². The maximum atomic E-state index is 12.7. The third kappa shape index (κ3) is 4.50. The predicted molar refractivity (Wildman–Crippen MR) is 111 cm³/mol. The van der Waals surface area contributed by atoms with E-state index >= 15 is 0 Å². The number of para-hydroxylation sites is 1. The first kappa shape index (κ1) is 18.1. The molecule has 4 aromatic rings. The zero-order chi connectivity index (χ0) is 19.2. The van der Waals surface area contributed by atoms with Crippen LogP contribution in [0.4, 0.5) is 0 Å².